The van der Waals surface area contributed by atoms with E-state index in [1.54, 1.807) is 11.8 Å². The van der Waals surface area contributed by atoms with E-state index in [2.05, 4.69) is 24.1 Å². The standard InChI is InChI=1S/C14H29N3OS.ClH/c1-11-4-7-17(8-5-11)12(2)10-16-14(18)13(15)6-9-19-3;/h11-13H,4-10,15H2,1-3H3,(H,16,18);1H/t12?,13-;/m0./s1. The zero-order valence-electron chi connectivity index (χ0n) is 12.9. The van der Waals surface area contributed by atoms with E-state index in [1.165, 1.54) is 12.8 Å². The number of rotatable bonds is 7. The van der Waals surface area contributed by atoms with Gasteiger partial charge in [0.2, 0.25) is 5.91 Å². The van der Waals surface area contributed by atoms with Crippen molar-refractivity contribution < 1.29 is 4.79 Å². The van der Waals surface area contributed by atoms with Crippen LogP contribution in [0, 0.1) is 5.92 Å². The van der Waals surface area contributed by atoms with E-state index in [-0.39, 0.29) is 24.4 Å². The SMILES string of the molecule is CSCC[C@H](N)C(=O)NCC(C)N1CCC(C)CC1.Cl. The Morgan fingerprint density at radius 1 is 1.45 bits per heavy atom. The summed E-state index contributed by atoms with van der Waals surface area (Å²) in [6.07, 6.45) is 5.32. The van der Waals surface area contributed by atoms with E-state index in [4.69, 9.17) is 5.73 Å². The van der Waals surface area contributed by atoms with Crippen LogP contribution in [0.4, 0.5) is 0 Å². The highest BCUT2D eigenvalue weighted by atomic mass is 35.5. The van der Waals surface area contributed by atoms with Crippen molar-refractivity contribution in [2.45, 2.75) is 45.2 Å². The van der Waals surface area contributed by atoms with Gasteiger partial charge in [-0.05, 0) is 57.2 Å². The molecule has 0 saturated carbocycles. The highest BCUT2D eigenvalue weighted by Crippen LogP contribution is 2.17. The van der Waals surface area contributed by atoms with E-state index >= 15 is 0 Å². The first-order chi connectivity index (χ1) is 9.04. The Labute approximate surface area is 134 Å². The summed E-state index contributed by atoms with van der Waals surface area (Å²) >= 11 is 1.73. The zero-order chi connectivity index (χ0) is 14.3. The van der Waals surface area contributed by atoms with Gasteiger partial charge in [0.15, 0.2) is 0 Å². The fourth-order valence-electron chi connectivity index (χ4n) is 2.35. The van der Waals surface area contributed by atoms with Crippen LogP contribution in [0.1, 0.15) is 33.1 Å². The molecule has 1 amide bonds. The second-order valence-electron chi connectivity index (χ2n) is 5.70. The second-order valence-corrected chi connectivity index (χ2v) is 6.69. The molecule has 6 heteroatoms. The third-order valence-corrected chi connectivity index (χ3v) is 4.63. The lowest BCUT2D eigenvalue weighted by Gasteiger charge is -2.35. The molecule has 1 fully saturated rings. The first-order valence-electron chi connectivity index (χ1n) is 7.30. The lowest BCUT2D eigenvalue weighted by Crippen LogP contribution is -2.48. The molecule has 0 aromatic carbocycles. The summed E-state index contributed by atoms with van der Waals surface area (Å²) in [5.41, 5.74) is 5.85. The van der Waals surface area contributed by atoms with E-state index in [0.717, 1.165) is 31.2 Å². The first-order valence-corrected chi connectivity index (χ1v) is 8.70. The summed E-state index contributed by atoms with van der Waals surface area (Å²) in [4.78, 5) is 14.3. The summed E-state index contributed by atoms with van der Waals surface area (Å²) in [6, 6.07) is 0.0465. The number of amides is 1. The van der Waals surface area contributed by atoms with E-state index in [1.807, 2.05) is 6.26 Å². The second kappa shape index (κ2) is 10.7. The molecule has 120 valence electrons. The maximum Gasteiger partial charge on any atom is 0.237 e. The first kappa shape index (κ1) is 20.0. The summed E-state index contributed by atoms with van der Waals surface area (Å²) < 4.78 is 0. The van der Waals surface area contributed by atoms with E-state index in [9.17, 15) is 4.79 Å². The minimum Gasteiger partial charge on any atom is -0.353 e. The quantitative estimate of drug-likeness (QED) is 0.749. The normalized spacial score (nSPS) is 20.0. The Morgan fingerprint density at radius 2 is 2.05 bits per heavy atom. The number of halogens is 1. The molecule has 20 heavy (non-hydrogen) atoms. The molecule has 1 saturated heterocycles. The smallest absolute Gasteiger partial charge is 0.237 e. The fraction of sp³-hybridized carbons (Fsp3) is 0.929. The maximum atomic E-state index is 11.8. The number of nitrogens with two attached hydrogens (primary N) is 1. The lowest BCUT2D eigenvalue weighted by molar-refractivity contribution is -0.122. The van der Waals surface area contributed by atoms with Gasteiger partial charge in [0.25, 0.3) is 0 Å². The highest BCUT2D eigenvalue weighted by Gasteiger charge is 2.21. The molecule has 0 bridgehead atoms. The van der Waals surface area contributed by atoms with Crippen molar-refractivity contribution >= 4 is 30.1 Å². The van der Waals surface area contributed by atoms with Gasteiger partial charge in [-0.1, -0.05) is 6.92 Å². The van der Waals surface area contributed by atoms with Crippen molar-refractivity contribution in [3.05, 3.63) is 0 Å². The Bertz CT molecular complexity index is 273. The Morgan fingerprint density at radius 3 is 2.60 bits per heavy atom. The minimum atomic E-state index is -0.360. The number of likely N-dealkylation sites (tertiary alicyclic amines) is 1. The van der Waals surface area contributed by atoms with E-state index < -0.39 is 0 Å². The Balaban J connectivity index is 0.00000361. The number of nitrogens with zero attached hydrogens (tertiary/aromatic N) is 1. The van der Waals surface area contributed by atoms with Crippen molar-refractivity contribution in [1.82, 2.24) is 10.2 Å². The lowest BCUT2D eigenvalue weighted by atomic mass is 9.98. The average Bonchev–Trinajstić information content (AvgIpc) is 2.42. The Kier molecular flexibility index (Phi) is 10.7. The highest BCUT2D eigenvalue weighted by molar-refractivity contribution is 7.98. The number of piperidine rings is 1. The molecule has 1 heterocycles. The molecule has 0 spiro atoms. The predicted octanol–water partition coefficient (Wildman–Crippen LogP) is 1.73. The average molecular weight is 324 g/mol. The number of thioether (sulfide) groups is 1. The molecule has 3 N–H and O–H groups in total. The summed E-state index contributed by atoms with van der Waals surface area (Å²) in [6.45, 7) is 7.51. The van der Waals surface area contributed by atoms with Crippen LogP contribution in [0.15, 0.2) is 0 Å². The number of nitrogens with one attached hydrogen (secondary N) is 1. The van der Waals surface area contributed by atoms with Crippen LogP contribution in [-0.2, 0) is 4.79 Å². The number of hydrogen-bond acceptors (Lipinski definition) is 4. The molecule has 0 aromatic rings. The number of hydrogen-bond donors (Lipinski definition) is 2. The van der Waals surface area contributed by atoms with Crippen molar-refractivity contribution in [1.29, 1.82) is 0 Å². The van der Waals surface area contributed by atoms with Crippen LogP contribution >= 0.6 is 24.2 Å². The van der Waals surface area contributed by atoms with Crippen molar-refractivity contribution in [3.8, 4) is 0 Å². The van der Waals surface area contributed by atoms with Gasteiger partial charge in [-0.15, -0.1) is 12.4 Å². The monoisotopic (exact) mass is 323 g/mol. The topological polar surface area (TPSA) is 58.4 Å². The van der Waals surface area contributed by atoms with Gasteiger partial charge in [0.05, 0.1) is 6.04 Å². The molecule has 1 rings (SSSR count). The van der Waals surface area contributed by atoms with Crippen molar-refractivity contribution in [3.63, 3.8) is 0 Å². The van der Waals surface area contributed by atoms with Crippen LogP contribution in [0.2, 0.25) is 0 Å². The van der Waals surface area contributed by atoms with Gasteiger partial charge < -0.3 is 11.1 Å². The molecule has 1 unspecified atom stereocenters. The molecule has 0 radical (unpaired) electrons. The molecule has 0 aromatic heterocycles. The number of carbonyl (C=O) groups is 1. The van der Waals surface area contributed by atoms with Crippen LogP contribution in [0.25, 0.3) is 0 Å². The number of carbonyl (C=O) groups excluding carboxylic acids is 1. The van der Waals surface area contributed by atoms with Crippen LogP contribution in [-0.4, -0.2) is 54.5 Å². The van der Waals surface area contributed by atoms with Gasteiger partial charge in [-0.2, -0.15) is 11.8 Å². The maximum absolute atomic E-state index is 11.8. The molecule has 1 aliphatic heterocycles. The van der Waals surface area contributed by atoms with E-state index in [0.29, 0.717) is 12.6 Å². The zero-order valence-corrected chi connectivity index (χ0v) is 14.6. The van der Waals surface area contributed by atoms with Crippen molar-refractivity contribution in [2.24, 2.45) is 11.7 Å². The predicted molar refractivity (Wildman–Crippen MR) is 90.7 cm³/mol. The third-order valence-electron chi connectivity index (χ3n) is 3.98. The van der Waals surface area contributed by atoms with Gasteiger partial charge >= 0.3 is 0 Å². The Hall–Kier alpha value is 0.0300. The summed E-state index contributed by atoms with van der Waals surface area (Å²) in [7, 11) is 0. The molecule has 1 aliphatic rings. The fourth-order valence-corrected chi connectivity index (χ4v) is 2.84. The minimum absolute atomic E-state index is 0. The third kappa shape index (κ3) is 7.16. The van der Waals surface area contributed by atoms with Gasteiger partial charge in [0, 0.05) is 12.6 Å². The molecular formula is C14H30ClN3OS. The van der Waals surface area contributed by atoms with Crippen LogP contribution in [0.5, 0.6) is 0 Å². The van der Waals surface area contributed by atoms with Gasteiger partial charge in [-0.25, -0.2) is 0 Å². The largest absolute Gasteiger partial charge is 0.353 e. The van der Waals surface area contributed by atoms with Gasteiger partial charge in [0.1, 0.15) is 0 Å². The molecule has 2 atom stereocenters. The molecule has 4 nitrogen and oxygen atoms in total. The van der Waals surface area contributed by atoms with Crippen LogP contribution in [0.3, 0.4) is 0 Å². The summed E-state index contributed by atoms with van der Waals surface area (Å²) in [5, 5.41) is 2.98. The van der Waals surface area contributed by atoms with Crippen molar-refractivity contribution in [2.75, 3.05) is 31.6 Å². The molecular weight excluding hydrogens is 294 g/mol. The van der Waals surface area contributed by atoms with Crippen LogP contribution < -0.4 is 11.1 Å². The summed E-state index contributed by atoms with van der Waals surface area (Å²) in [5.74, 6) is 1.78. The molecule has 0 aliphatic carbocycles. The van der Waals surface area contributed by atoms with Gasteiger partial charge in [-0.3, -0.25) is 9.69 Å².